The van der Waals surface area contributed by atoms with Gasteiger partial charge in [0.2, 0.25) is 5.91 Å². The van der Waals surface area contributed by atoms with Crippen molar-refractivity contribution < 1.29 is 14.4 Å². The Morgan fingerprint density at radius 1 is 1.10 bits per heavy atom. The number of hydrogen-bond acceptors (Lipinski definition) is 6. The molecule has 0 heterocycles. The second kappa shape index (κ2) is 9.38. The van der Waals surface area contributed by atoms with E-state index in [2.05, 4.69) is 11.9 Å². The van der Waals surface area contributed by atoms with Crippen LogP contribution in [0.1, 0.15) is 32.6 Å². The number of ketones is 2. The van der Waals surface area contributed by atoms with Crippen molar-refractivity contribution in [3.8, 4) is 0 Å². The predicted molar refractivity (Wildman–Crippen MR) is 81.3 cm³/mol. The lowest BCUT2D eigenvalue weighted by atomic mass is 9.82. The molecule has 0 spiro atoms. The molecule has 0 saturated heterocycles. The largest absolute Gasteiger partial charge is 0.355 e. The van der Waals surface area contributed by atoms with E-state index in [9.17, 15) is 14.4 Å². The van der Waals surface area contributed by atoms with E-state index in [1.807, 2.05) is 0 Å². The monoisotopic (exact) mass is 298 g/mol. The number of carbonyl (C=O) groups is 3. The first-order valence-corrected chi connectivity index (χ1v) is 6.99. The van der Waals surface area contributed by atoms with Gasteiger partial charge in [-0.1, -0.05) is 19.4 Å². The van der Waals surface area contributed by atoms with Crippen molar-refractivity contribution in [2.45, 2.75) is 38.1 Å². The lowest BCUT2D eigenvalue weighted by Crippen LogP contribution is -2.57. The third-order valence-electron chi connectivity index (χ3n) is 3.23. The normalized spacial score (nSPS) is 13.3. The standard InChI is InChI=1S/C14H26N4O3/c1-10(2)13(21)14(17,11(19)8-15)6-4-3-5-7-18-12(20)9-16/h1,3-9,15-17H2,2H3,(H,18,20). The first kappa shape index (κ1) is 19.4. The van der Waals surface area contributed by atoms with E-state index in [1.165, 1.54) is 6.92 Å². The maximum absolute atomic E-state index is 12.0. The van der Waals surface area contributed by atoms with Gasteiger partial charge in [-0.2, -0.15) is 0 Å². The van der Waals surface area contributed by atoms with Gasteiger partial charge in [0.1, 0.15) is 5.54 Å². The van der Waals surface area contributed by atoms with Crippen LogP contribution < -0.4 is 22.5 Å². The van der Waals surface area contributed by atoms with Crippen LogP contribution in [0.2, 0.25) is 0 Å². The highest BCUT2D eigenvalue weighted by atomic mass is 16.2. The van der Waals surface area contributed by atoms with E-state index in [1.54, 1.807) is 0 Å². The van der Waals surface area contributed by atoms with Crippen LogP contribution in [0.4, 0.5) is 0 Å². The molecule has 0 aromatic rings. The molecule has 1 unspecified atom stereocenters. The molecule has 0 aliphatic carbocycles. The summed E-state index contributed by atoms with van der Waals surface area (Å²) in [6.45, 7) is 5.26. The van der Waals surface area contributed by atoms with E-state index in [4.69, 9.17) is 17.2 Å². The molecule has 0 rings (SSSR count). The molecular weight excluding hydrogens is 272 g/mol. The second-order valence-corrected chi connectivity index (χ2v) is 5.07. The molecular formula is C14H26N4O3. The number of rotatable bonds is 11. The lowest BCUT2D eigenvalue weighted by Gasteiger charge is -2.26. The molecule has 1 atom stereocenters. The summed E-state index contributed by atoms with van der Waals surface area (Å²) >= 11 is 0. The van der Waals surface area contributed by atoms with E-state index >= 15 is 0 Å². The Bertz CT molecular complexity index is 409. The van der Waals surface area contributed by atoms with Crippen molar-refractivity contribution in [1.29, 1.82) is 0 Å². The molecule has 0 saturated carbocycles. The highest BCUT2D eigenvalue weighted by Gasteiger charge is 2.39. The van der Waals surface area contributed by atoms with Crippen LogP contribution in [-0.2, 0) is 14.4 Å². The van der Waals surface area contributed by atoms with E-state index < -0.39 is 17.1 Å². The van der Waals surface area contributed by atoms with Crippen molar-refractivity contribution >= 4 is 17.5 Å². The van der Waals surface area contributed by atoms with Crippen LogP contribution in [0.3, 0.4) is 0 Å². The van der Waals surface area contributed by atoms with Crippen molar-refractivity contribution in [3.63, 3.8) is 0 Å². The fourth-order valence-electron chi connectivity index (χ4n) is 1.95. The van der Waals surface area contributed by atoms with Crippen molar-refractivity contribution in [1.82, 2.24) is 5.32 Å². The molecule has 0 aliphatic heterocycles. The molecule has 21 heavy (non-hydrogen) atoms. The Morgan fingerprint density at radius 3 is 2.19 bits per heavy atom. The van der Waals surface area contributed by atoms with Gasteiger partial charge in [0.05, 0.1) is 13.1 Å². The van der Waals surface area contributed by atoms with E-state index in [-0.39, 0.29) is 31.0 Å². The fraction of sp³-hybridized carbons (Fsp3) is 0.643. The number of hydrogen-bond donors (Lipinski definition) is 4. The highest BCUT2D eigenvalue weighted by Crippen LogP contribution is 2.18. The lowest BCUT2D eigenvalue weighted by molar-refractivity contribution is -0.132. The third-order valence-corrected chi connectivity index (χ3v) is 3.23. The minimum atomic E-state index is -1.58. The van der Waals surface area contributed by atoms with Crippen molar-refractivity contribution in [2.75, 3.05) is 19.6 Å². The van der Waals surface area contributed by atoms with Gasteiger partial charge in [0, 0.05) is 6.54 Å². The second-order valence-electron chi connectivity index (χ2n) is 5.07. The van der Waals surface area contributed by atoms with Gasteiger partial charge in [0.25, 0.3) is 0 Å². The zero-order valence-electron chi connectivity index (χ0n) is 12.6. The van der Waals surface area contributed by atoms with Crippen molar-refractivity contribution in [2.24, 2.45) is 17.2 Å². The summed E-state index contributed by atoms with van der Waals surface area (Å²) < 4.78 is 0. The van der Waals surface area contributed by atoms with Crippen LogP contribution in [-0.4, -0.2) is 42.6 Å². The average Bonchev–Trinajstić information content (AvgIpc) is 2.47. The topological polar surface area (TPSA) is 141 Å². The Hall–Kier alpha value is -1.57. The molecule has 1 amide bonds. The molecule has 0 aromatic heterocycles. The van der Waals surface area contributed by atoms with Gasteiger partial charge in [0.15, 0.2) is 11.6 Å². The third kappa shape index (κ3) is 6.16. The number of amides is 1. The number of nitrogens with one attached hydrogen (secondary N) is 1. The SMILES string of the molecule is C=C(C)C(=O)C(N)(CCCCCNC(=O)CN)C(=O)CN. The van der Waals surface area contributed by atoms with Crippen molar-refractivity contribution in [3.05, 3.63) is 12.2 Å². The molecule has 0 aromatic carbocycles. The molecule has 0 aliphatic rings. The number of unbranched alkanes of at least 4 members (excludes halogenated alkanes) is 2. The zero-order valence-corrected chi connectivity index (χ0v) is 12.6. The number of Topliss-reactive ketones (excluding diaryl/α,β-unsaturated/α-hetero) is 2. The van der Waals surface area contributed by atoms with E-state index in [0.717, 1.165) is 12.8 Å². The highest BCUT2D eigenvalue weighted by molar-refractivity contribution is 6.18. The average molecular weight is 298 g/mol. The summed E-state index contributed by atoms with van der Waals surface area (Å²) in [5.74, 6) is -1.15. The van der Waals surface area contributed by atoms with Crippen LogP contribution in [0.5, 0.6) is 0 Å². The molecule has 0 bridgehead atoms. The molecule has 7 N–H and O–H groups in total. The van der Waals surface area contributed by atoms with Gasteiger partial charge in [-0.3, -0.25) is 14.4 Å². The zero-order chi connectivity index (χ0) is 16.5. The maximum atomic E-state index is 12.0. The van der Waals surface area contributed by atoms with Crippen LogP contribution in [0.25, 0.3) is 0 Å². The van der Waals surface area contributed by atoms with Crippen LogP contribution in [0.15, 0.2) is 12.2 Å². The Morgan fingerprint density at radius 2 is 1.71 bits per heavy atom. The Kier molecular flexibility index (Phi) is 8.68. The quantitative estimate of drug-likeness (QED) is 0.219. The first-order chi connectivity index (χ1) is 9.79. The summed E-state index contributed by atoms with van der Waals surface area (Å²) in [6.07, 6.45) is 2.25. The van der Waals surface area contributed by atoms with Gasteiger partial charge in [-0.05, 0) is 25.3 Å². The number of nitrogens with two attached hydrogens (primary N) is 3. The van der Waals surface area contributed by atoms with Gasteiger partial charge in [-0.15, -0.1) is 0 Å². The van der Waals surface area contributed by atoms with Gasteiger partial charge in [-0.25, -0.2) is 0 Å². The molecule has 7 nitrogen and oxygen atoms in total. The summed E-state index contributed by atoms with van der Waals surface area (Å²) in [4.78, 5) is 34.8. The minimum absolute atomic E-state index is 0.0377. The summed E-state index contributed by atoms with van der Waals surface area (Å²) in [6, 6.07) is 0. The van der Waals surface area contributed by atoms with Crippen LogP contribution in [0, 0.1) is 0 Å². The molecule has 0 fully saturated rings. The predicted octanol–water partition coefficient (Wildman–Crippen LogP) is -1.01. The summed E-state index contributed by atoms with van der Waals surface area (Å²) in [5.41, 5.74) is 15.1. The summed E-state index contributed by atoms with van der Waals surface area (Å²) in [5, 5.41) is 2.64. The molecule has 0 radical (unpaired) electrons. The smallest absolute Gasteiger partial charge is 0.233 e. The maximum Gasteiger partial charge on any atom is 0.233 e. The number of carbonyl (C=O) groups excluding carboxylic acids is 3. The minimum Gasteiger partial charge on any atom is -0.355 e. The van der Waals surface area contributed by atoms with Gasteiger partial charge < -0.3 is 22.5 Å². The summed E-state index contributed by atoms with van der Waals surface area (Å²) in [7, 11) is 0. The van der Waals surface area contributed by atoms with Gasteiger partial charge >= 0.3 is 0 Å². The first-order valence-electron chi connectivity index (χ1n) is 6.99. The molecule has 120 valence electrons. The molecule has 7 heteroatoms. The Balaban J connectivity index is 4.33. The van der Waals surface area contributed by atoms with Crippen LogP contribution >= 0.6 is 0 Å². The fourth-order valence-corrected chi connectivity index (χ4v) is 1.95. The Labute approximate surface area is 125 Å². The van der Waals surface area contributed by atoms with E-state index in [0.29, 0.717) is 13.0 Å².